The molecule has 1 saturated carbocycles. The van der Waals surface area contributed by atoms with Crippen molar-refractivity contribution in [3.63, 3.8) is 0 Å². The number of nitrogens with two attached hydrogens (primary N) is 1. The number of halogens is 1. The lowest BCUT2D eigenvalue weighted by Gasteiger charge is -2.32. The van der Waals surface area contributed by atoms with E-state index in [4.69, 9.17) is 5.73 Å². The minimum Gasteiger partial charge on any atom is -0.370 e. The molecular weight excluding hydrogens is 363 g/mol. The lowest BCUT2D eigenvalue weighted by Crippen LogP contribution is -2.40. The average molecular weight is 394 g/mol. The van der Waals surface area contributed by atoms with Gasteiger partial charge in [-0.25, -0.2) is 0 Å². The third kappa shape index (κ3) is 6.16. The van der Waals surface area contributed by atoms with E-state index in [1.807, 2.05) is 0 Å². The number of guanidine groups is 1. The highest BCUT2D eigenvalue weighted by molar-refractivity contribution is 14.0. The van der Waals surface area contributed by atoms with Crippen molar-refractivity contribution in [2.75, 3.05) is 26.2 Å². The number of hydrogen-bond donors (Lipinski definition) is 2. The molecule has 0 aromatic rings. The van der Waals surface area contributed by atoms with Crippen LogP contribution in [0.5, 0.6) is 0 Å². The molecule has 0 radical (unpaired) electrons. The summed E-state index contributed by atoms with van der Waals surface area (Å²) in [6.45, 7) is 6.73. The molecule has 0 aromatic carbocycles. The van der Waals surface area contributed by atoms with Crippen LogP contribution in [0.4, 0.5) is 0 Å². The van der Waals surface area contributed by atoms with Crippen LogP contribution in [0, 0.1) is 5.92 Å². The predicted molar refractivity (Wildman–Crippen MR) is 96.8 cm³/mol. The molecule has 20 heavy (non-hydrogen) atoms. The van der Waals surface area contributed by atoms with Crippen LogP contribution in [-0.4, -0.2) is 43.1 Å². The highest BCUT2D eigenvalue weighted by atomic mass is 127. The van der Waals surface area contributed by atoms with Crippen LogP contribution in [-0.2, 0) is 0 Å². The lowest BCUT2D eigenvalue weighted by molar-refractivity contribution is 0.167. The second-order valence-corrected chi connectivity index (χ2v) is 6.18. The van der Waals surface area contributed by atoms with E-state index in [9.17, 15) is 0 Å². The molecule has 1 unspecified atom stereocenters. The highest BCUT2D eigenvalue weighted by Gasteiger charge is 2.17. The Hall–Kier alpha value is -0.0400. The molecule has 1 atom stereocenters. The summed E-state index contributed by atoms with van der Waals surface area (Å²) in [4.78, 5) is 7.03. The Bertz CT molecular complexity index is 286. The molecule has 2 rings (SSSR count). The second-order valence-electron chi connectivity index (χ2n) is 6.18. The number of rotatable bonds is 6. The minimum absolute atomic E-state index is 0. The van der Waals surface area contributed by atoms with Crippen molar-refractivity contribution in [3.05, 3.63) is 0 Å². The first kappa shape index (κ1) is 18.0. The fraction of sp³-hybridized carbons (Fsp3) is 0.933. The molecule has 4 nitrogen and oxygen atoms in total. The molecule has 1 aliphatic heterocycles. The summed E-state index contributed by atoms with van der Waals surface area (Å²) < 4.78 is 0. The van der Waals surface area contributed by atoms with E-state index in [1.165, 1.54) is 51.6 Å². The quantitative estimate of drug-likeness (QED) is 0.414. The fourth-order valence-corrected chi connectivity index (χ4v) is 2.91. The van der Waals surface area contributed by atoms with E-state index in [1.54, 1.807) is 0 Å². The predicted octanol–water partition coefficient (Wildman–Crippen LogP) is 2.57. The van der Waals surface area contributed by atoms with Crippen molar-refractivity contribution in [2.45, 2.75) is 57.9 Å². The van der Waals surface area contributed by atoms with Gasteiger partial charge >= 0.3 is 0 Å². The Labute approximate surface area is 141 Å². The lowest BCUT2D eigenvalue weighted by atomic mass is 9.86. The van der Waals surface area contributed by atoms with E-state index >= 15 is 0 Å². The van der Waals surface area contributed by atoms with Gasteiger partial charge in [-0.15, -0.1) is 24.0 Å². The van der Waals surface area contributed by atoms with Gasteiger partial charge in [0.25, 0.3) is 0 Å². The van der Waals surface area contributed by atoms with Crippen molar-refractivity contribution >= 4 is 29.9 Å². The van der Waals surface area contributed by atoms with Crippen LogP contribution in [0.1, 0.15) is 51.9 Å². The number of likely N-dealkylation sites (tertiary alicyclic amines) is 1. The maximum Gasteiger partial charge on any atom is 0.188 e. The Balaban J connectivity index is 0.00000200. The fourth-order valence-electron chi connectivity index (χ4n) is 2.91. The van der Waals surface area contributed by atoms with Gasteiger partial charge < -0.3 is 16.0 Å². The Morgan fingerprint density at radius 1 is 1.25 bits per heavy atom. The molecule has 2 fully saturated rings. The van der Waals surface area contributed by atoms with Crippen LogP contribution in [0.25, 0.3) is 0 Å². The first-order valence-corrected chi connectivity index (χ1v) is 8.03. The SMILES string of the molecule is CC(CCNC(N)=NCC1CCC1)N1CCCCC1.I. The van der Waals surface area contributed by atoms with E-state index in [2.05, 4.69) is 22.1 Å². The Morgan fingerprint density at radius 2 is 1.95 bits per heavy atom. The van der Waals surface area contributed by atoms with E-state index < -0.39 is 0 Å². The zero-order chi connectivity index (χ0) is 13.5. The summed E-state index contributed by atoms with van der Waals surface area (Å²) in [7, 11) is 0. The summed E-state index contributed by atoms with van der Waals surface area (Å²) in [5.74, 6) is 1.44. The third-order valence-corrected chi connectivity index (χ3v) is 4.63. The number of nitrogens with one attached hydrogen (secondary N) is 1. The van der Waals surface area contributed by atoms with Gasteiger partial charge in [0.1, 0.15) is 0 Å². The van der Waals surface area contributed by atoms with E-state index in [0.29, 0.717) is 12.0 Å². The maximum absolute atomic E-state index is 5.89. The van der Waals surface area contributed by atoms with Crippen LogP contribution in [0.2, 0.25) is 0 Å². The summed E-state index contributed by atoms with van der Waals surface area (Å²) in [5.41, 5.74) is 5.89. The first-order valence-electron chi connectivity index (χ1n) is 8.03. The standard InChI is InChI=1S/C15H30N4.HI/c1-13(19-10-3-2-4-11-19)8-9-17-15(16)18-12-14-6-5-7-14;/h13-14H,2-12H2,1H3,(H3,16,17,18);1H. The van der Waals surface area contributed by atoms with Crippen LogP contribution in [0.3, 0.4) is 0 Å². The molecule has 1 aliphatic carbocycles. The van der Waals surface area contributed by atoms with Gasteiger partial charge in [-0.3, -0.25) is 4.99 Å². The molecule has 5 heteroatoms. The Kier molecular flexibility index (Phi) is 8.84. The van der Waals surface area contributed by atoms with Gasteiger partial charge in [0, 0.05) is 19.1 Å². The maximum atomic E-state index is 5.89. The van der Waals surface area contributed by atoms with Gasteiger partial charge in [-0.05, 0) is 58.0 Å². The molecular formula is C15H31IN4. The largest absolute Gasteiger partial charge is 0.370 e. The molecule has 0 spiro atoms. The molecule has 0 bridgehead atoms. The van der Waals surface area contributed by atoms with Crippen molar-refractivity contribution in [1.82, 2.24) is 10.2 Å². The summed E-state index contributed by atoms with van der Waals surface area (Å²) >= 11 is 0. The van der Waals surface area contributed by atoms with Crippen LogP contribution >= 0.6 is 24.0 Å². The molecule has 0 amide bonds. The summed E-state index contributed by atoms with van der Waals surface area (Å²) in [5, 5.41) is 3.26. The van der Waals surface area contributed by atoms with Gasteiger partial charge in [0.2, 0.25) is 0 Å². The normalized spacial score (nSPS) is 22.8. The number of hydrogen-bond acceptors (Lipinski definition) is 2. The minimum atomic E-state index is 0. The topological polar surface area (TPSA) is 53.6 Å². The van der Waals surface area contributed by atoms with E-state index in [-0.39, 0.29) is 24.0 Å². The van der Waals surface area contributed by atoms with E-state index in [0.717, 1.165) is 25.4 Å². The van der Waals surface area contributed by atoms with Gasteiger partial charge in [-0.2, -0.15) is 0 Å². The van der Waals surface area contributed by atoms with Crippen molar-refractivity contribution in [1.29, 1.82) is 0 Å². The average Bonchev–Trinajstić information content (AvgIpc) is 2.38. The zero-order valence-corrected chi connectivity index (χ0v) is 15.1. The summed E-state index contributed by atoms with van der Waals surface area (Å²) in [6.07, 6.45) is 9.33. The molecule has 3 N–H and O–H groups in total. The Morgan fingerprint density at radius 3 is 2.55 bits per heavy atom. The molecule has 1 saturated heterocycles. The number of piperidine rings is 1. The van der Waals surface area contributed by atoms with Gasteiger partial charge in [-0.1, -0.05) is 12.8 Å². The van der Waals surface area contributed by atoms with Gasteiger partial charge in [0.05, 0.1) is 0 Å². The van der Waals surface area contributed by atoms with Gasteiger partial charge in [0.15, 0.2) is 5.96 Å². The van der Waals surface area contributed by atoms with Crippen molar-refractivity contribution in [3.8, 4) is 0 Å². The first-order chi connectivity index (χ1) is 9.25. The van der Waals surface area contributed by atoms with Crippen LogP contribution < -0.4 is 11.1 Å². The highest BCUT2D eigenvalue weighted by Crippen LogP contribution is 2.26. The van der Waals surface area contributed by atoms with Crippen molar-refractivity contribution < 1.29 is 0 Å². The zero-order valence-electron chi connectivity index (χ0n) is 12.8. The molecule has 118 valence electrons. The third-order valence-electron chi connectivity index (χ3n) is 4.63. The molecule has 0 aromatic heterocycles. The molecule has 1 heterocycles. The van der Waals surface area contributed by atoms with Crippen LogP contribution in [0.15, 0.2) is 4.99 Å². The van der Waals surface area contributed by atoms with Crippen molar-refractivity contribution in [2.24, 2.45) is 16.6 Å². The number of nitrogens with zero attached hydrogens (tertiary/aromatic N) is 2. The smallest absolute Gasteiger partial charge is 0.188 e. The second kappa shape index (κ2) is 9.82. The number of aliphatic imine (C=N–C) groups is 1. The summed E-state index contributed by atoms with van der Waals surface area (Å²) in [6, 6.07) is 0.659. The molecule has 2 aliphatic rings. The monoisotopic (exact) mass is 394 g/mol.